The van der Waals surface area contributed by atoms with Gasteiger partial charge in [-0.15, -0.1) is 0 Å². The lowest BCUT2D eigenvalue weighted by Crippen LogP contribution is -2.44. The number of rotatable bonds is 6. The Morgan fingerprint density at radius 3 is 2.81 bits per heavy atom. The Balaban J connectivity index is 1.57. The number of amides is 2. The summed E-state index contributed by atoms with van der Waals surface area (Å²) in [5.41, 5.74) is 1.27. The maximum Gasteiger partial charge on any atom is 0.255 e. The molecule has 0 aromatic carbocycles. The molecule has 3 rings (SSSR count). The average Bonchev–Trinajstić information content (AvgIpc) is 3.31. The minimum absolute atomic E-state index is 0.279. The van der Waals surface area contributed by atoms with Gasteiger partial charge in [-0.1, -0.05) is 0 Å². The lowest BCUT2D eigenvalue weighted by molar-refractivity contribution is -0.122. The van der Waals surface area contributed by atoms with Crippen LogP contribution >= 0.6 is 0 Å². The molecule has 134 valence electrons. The van der Waals surface area contributed by atoms with E-state index in [0.29, 0.717) is 12.1 Å². The van der Waals surface area contributed by atoms with Crippen molar-refractivity contribution in [2.75, 3.05) is 0 Å². The summed E-state index contributed by atoms with van der Waals surface area (Å²) in [6.45, 7) is 3.84. The zero-order valence-corrected chi connectivity index (χ0v) is 14.5. The quantitative estimate of drug-likeness (QED) is 0.701. The molecule has 2 amide bonds. The molecule has 0 radical (unpaired) electrons. The number of furan rings is 1. The molecule has 3 aromatic rings. The van der Waals surface area contributed by atoms with E-state index < -0.39 is 6.04 Å². The molecule has 8 nitrogen and oxygen atoms in total. The van der Waals surface area contributed by atoms with Crippen LogP contribution in [0.2, 0.25) is 0 Å². The molecule has 0 fully saturated rings. The van der Waals surface area contributed by atoms with Crippen LogP contribution in [0.3, 0.4) is 0 Å². The van der Waals surface area contributed by atoms with Crippen molar-refractivity contribution in [2.24, 2.45) is 0 Å². The molecule has 0 aliphatic rings. The Morgan fingerprint density at radius 2 is 2.12 bits per heavy atom. The van der Waals surface area contributed by atoms with Crippen molar-refractivity contribution in [3.05, 3.63) is 66.3 Å². The third kappa shape index (κ3) is 3.97. The fourth-order valence-corrected chi connectivity index (χ4v) is 2.40. The molecule has 0 saturated carbocycles. The van der Waals surface area contributed by atoms with Gasteiger partial charge < -0.3 is 15.1 Å². The van der Waals surface area contributed by atoms with Gasteiger partial charge in [-0.25, -0.2) is 9.97 Å². The number of hydrogen-bond donors (Lipinski definition) is 2. The van der Waals surface area contributed by atoms with Gasteiger partial charge in [0.25, 0.3) is 5.91 Å². The van der Waals surface area contributed by atoms with Crippen LogP contribution in [0, 0.1) is 6.92 Å². The summed E-state index contributed by atoms with van der Waals surface area (Å²) in [6, 6.07) is 4.57. The number of pyridine rings is 1. The Kier molecular flexibility index (Phi) is 5.12. The zero-order valence-electron chi connectivity index (χ0n) is 14.5. The van der Waals surface area contributed by atoms with Gasteiger partial charge in [0.2, 0.25) is 5.91 Å². The van der Waals surface area contributed by atoms with E-state index in [1.54, 1.807) is 19.3 Å². The highest BCUT2D eigenvalue weighted by molar-refractivity contribution is 5.97. The van der Waals surface area contributed by atoms with Crippen LogP contribution < -0.4 is 10.6 Å². The first-order chi connectivity index (χ1) is 12.5. The first-order valence-corrected chi connectivity index (χ1v) is 8.10. The first kappa shape index (κ1) is 17.4. The number of imidazole rings is 1. The summed E-state index contributed by atoms with van der Waals surface area (Å²) >= 11 is 0. The molecule has 1 atom stereocenters. The zero-order chi connectivity index (χ0) is 18.5. The molecule has 26 heavy (non-hydrogen) atoms. The SMILES string of the molecule is Cc1nccn1-c1cc(CNC(=O)C(C)NC(=O)c2ccoc2)ccn1. The lowest BCUT2D eigenvalue weighted by Gasteiger charge is -2.14. The minimum atomic E-state index is -0.672. The molecular formula is C18H19N5O3. The molecule has 0 aliphatic carbocycles. The molecule has 1 unspecified atom stereocenters. The second-order valence-corrected chi connectivity index (χ2v) is 5.79. The van der Waals surface area contributed by atoms with E-state index in [-0.39, 0.29) is 11.8 Å². The van der Waals surface area contributed by atoms with Gasteiger partial charge in [0.15, 0.2) is 0 Å². The number of aryl methyl sites for hydroxylation is 1. The molecule has 3 heterocycles. The summed E-state index contributed by atoms with van der Waals surface area (Å²) in [5.74, 6) is 0.921. The lowest BCUT2D eigenvalue weighted by atomic mass is 10.2. The Morgan fingerprint density at radius 1 is 1.27 bits per heavy atom. The maximum absolute atomic E-state index is 12.2. The van der Waals surface area contributed by atoms with Gasteiger partial charge in [-0.3, -0.25) is 14.2 Å². The fourth-order valence-electron chi connectivity index (χ4n) is 2.40. The van der Waals surface area contributed by atoms with E-state index in [2.05, 4.69) is 20.6 Å². The van der Waals surface area contributed by atoms with Gasteiger partial charge in [0.1, 0.15) is 23.9 Å². The van der Waals surface area contributed by atoms with Crippen LogP contribution in [-0.2, 0) is 11.3 Å². The Labute approximate surface area is 150 Å². The van der Waals surface area contributed by atoms with E-state index >= 15 is 0 Å². The Bertz CT molecular complexity index is 901. The summed E-state index contributed by atoms with van der Waals surface area (Å²) in [4.78, 5) is 32.6. The molecular weight excluding hydrogens is 334 g/mol. The van der Waals surface area contributed by atoms with E-state index in [1.165, 1.54) is 18.6 Å². The summed E-state index contributed by atoms with van der Waals surface area (Å²) in [6.07, 6.45) is 7.95. The third-order valence-electron chi connectivity index (χ3n) is 3.87. The van der Waals surface area contributed by atoms with Crippen molar-refractivity contribution >= 4 is 11.8 Å². The summed E-state index contributed by atoms with van der Waals surface area (Å²) in [5, 5.41) is 5.43. The van der Waals surface area contributed by atoms with Gasteiger partial charge in [-0.2, -0.15) is 0 Å². The maximum atomic E-state index is 12.2. The largest absolute Gasteiger partial charge is 0.472 e. The Hall–Kier alpha value is -3.42. The summed E-state index contributed by atoms with van der Waals surface area (Å²) in [7, 11) is 0. The fraction of sp³-hybridized carbons (Fsp3) is 0.222. The van der Waals surface area contributed by atoms with Gasteiger partial charge in [0.05, 0.1) is 11.8 Å². The van der Waals surface area contributed by atoms with Crippen LogP contribution in [0.25, 0.3) is 5.82 Å². The minimum Gasteiger partial charge on any atom is -0.472 e. The smallest absolute Gasteiger partial charge is 0.255 e. The van der Waals surface area contributed by atoms with Crippen molar-refractivity contribution in [1.29, 1.82) is 0 Å². The number of nitrogens with zero attached hydrogens (tertiary/aromatic N) is 3. The number of nitrogens with one attached hydrogen (secondary N) is 2. The number of aromatic nitrogens is 3. The number of carbonyl (C=O) groups is 2. The van der Waals surface area contributed by atoms with Crippen molar-refractivity contribution in [3.8, 4) is 5.82 Å². The second-order valence-electron chi connectivity index (χ2n) is 5.79. The highest BCUT2D eigenvalue weighted by Gasteiger charge is 2.17. The molecule has 0 spiro atoms. The van der Waals surface area contributed by atoms with Crippen LogP contribution in [-0.4, -0.2) is 32.4 Å². The molecule has 0 aliphatic heterocycles. The van der Waals surface area contributed by atoms with E-state index in [9.17, 15) is 9.59 Å². The summed E-state index contributed by atoms with van der Waals surface area (Å²) < 4.78 is 6.72. The van der Waals surface area contributed by atoms with Crippen LogP contribution in [0.15, 0.2) is 53.7 Å². The van der Waals surface area contributed by atoms with Gasteiger partial charge >= 0.3 is 0 Å². The van der Waals surface area contributed by atoms with E-state index in [4.69, 9.17) is 4.42 Å². The first-order valence-electron chi connectivity index (χ1n) is 8.10. The highest BCUT2D eigenvalue weighted by atomic mass is 16.3. The van der Waals surface area contributed by atoms with Crippen molar-refractivity contribution in [2.45, 2.75) is 26.4 Å². The third-order valence-corrected chi connectivity index (χ3v) is 3.87. The predicted octanol–water partition coefficient (Wildman–Crippen LogP) is 1.60. The molecule has 3 aromatic heterocycles. The highest BCUT2D eigenvalue weighted by Crippen LogP contribution is 2.09. The van der Waals surface area contributed by atoms with Crippen molar-refractivity contribution in [1.82, 2.24) is 25.2 Å². The van der Waals surface area contributed by atoms with Crippen LogP contribution in [0.1, 0.15) is 28.7 Å². The van der Waals surface area contributed by atoms with Crippen molar-refractivity contribution in [3.63, 3.8) is 0 Å². The monoisotopic (exact) mass is 353 g/mol. The number of hydrogen-bond acceptors (Lipinski definition) is 5. The van der Waals surface area contributed by atoms with Crippen LogP contribution in [0.4, 0.5) is 0 Å². The van der Waals surface area contributed by atoms with Gasteiger partial charge in [0, 0.05) is 25.1 Å². The normalized spacial score (nSPS) is 11.8. The average molecular weight is 353 g/mol. The predicted molar refractivity (Wildman–Crippen MR) is 93.6 cm³/mol. The van der Waals surface area contributed by atoms with Crippen LogP contribution in [0.5, 0.6) is 0 Å². The molecule has 8 heteroatoms. The molecule has 0 saturated heterocycles. The van der Waals surface area contributed by atoms with Crippen molar-refractivity contribution < 1.29 is 14.0 Å². The second kappa shape index (κ2) is 7.64. The standard InChI is InChI=1S/C18H19N5O3/c1-12(22-18(25)15-4-8-26-11-15)17(24)21-10-14-3-5-20-16(9-14)23-7-6-19-13(23)2/h3-9,11-12H,10H2,1-2H3,(H,21,24)(H,22,25). The molecule has 2 N–H and O–H groups in total. The molecule has 0 bridgehead atoms. The van der Waals surface area contributed by atoms with E-state index in [0.717, 1.165) is 17.2 Å². The van der Waals surface area contributed by atoms with E-state index in [1.807, 2.05) is 29.8 Å². The number of carbonyl (C=O) groups excluding carboxylic acids is 2. The van der Waals surface area contributed by atoms with Gasteiger partial charge in [-0.05, 0) is 37.6 Å². The topological polar surface area (TPSA) is 102 Å².